The van der Waals surface area contributed by atoms with Crippen molar-refractivity contribution in [3.05, 3.63) is 29.8 Å². The summed E-state index contributed by atoms with van der Waals surface area (Å²) in [5.74, 6) is 0.653. The lowest BCUT2D eigenvalue weighted by atomic mass is 10.1. The molecule has 1 aliphatic rings. The number of hydrogen-bond donors (Lipinski definition) is 1. The molecule has 0 aliphatic carbocycles. The Balaban J connectivity index is 1.84. The minimum absolute atomic E-state index is 0.234. The van der Waals surface area contributed by atoms with Crippen LogP contribution in [0.2, 0.25) is 0 Å². The van der Waals surface area contributed by atoms with Crippen molar-refractivity contribution >= 4 is 0 Å². The third-order valence-electron chi connectivity index (χ3n) is 2.42. The molecular weight excluding hydrogens is 208 g/mol. The van der Waals surface area contributed by atoms with Gasteiger partial charge in [-0.05, 0) is 10.4 Å². The number of nitrogens with one attached hydrogen (secondary N) is 1. The van der Waals surface area contributed by atoms with E-state index < -0.39 is 0 Å². The van der Waals surface area contributed by atoms with Gasteiger partial charge in [0.05, 0.1) is 13.2 Å². The molecule has 1 aliphatic heterocycles. The highest BCUT2D eigenvalue weighted by atomic mass is 16.7. The Hall–Kier alpha value is -1.79. The average Bonchev–Trinajstić information content (AvgIpc) is 3.03. The van der Waals surface area contributed by atoms with Crippen molar-refractivity contribution in [3.8, 4) is 11.4 Å². The van der Waals surface area contributed by atoms with E-state index in [0.717, 1.165) is 11.1 Å². The van der Waals surface area contributed by atoms with Crippen molar-refractivity contribution < 1.29 is 9.47 Å². The van der Waals surface area contributed by atoms with E-state index in [4.69, 9.17) is 9.47 Å². The fraction of sp³-hybridized carbons (Fsp3) is 0.300. The number of nitrogens with zero attached hydrogens (tertiary/aromatic N) is 3. The summed E-state index contributed by atoms with van der Waals surface area (Å²) < 4.78 is 10.8. The molecule has 0 atom stereocenters. The van der Waals surface area contributed by atoms with Crippen LogP contribution >= 0.6 is 0 Å². The number of rotatable bonds is 2. The molecule has 0 unspecified atom stereocenters. The van der Waals surface area contributed by atoms with Crippen LogP contribution in [0.4, 0.5) is 0 Å². The van der Waals surface area contributed by atoms with E-state index in [0.29, 0.717) is 19.0 Å². The summed E-state index contributed by atoms with van der Waals surface area (Å²) >= 11 is 0. The molecule has 0 bridgehead atoms. The van der Waals surface area contributed by atoms with Crippen LogP contribution in [0.1, 0.15) is 11.9 Å². The Morgan fingerprint density at radius 2 is 1.88 bits per heavy atom. The van der Waals surface area contributed by atoms with Crippen molar-refractivity contribution in [3.63, 3.8) is 0 Å². The molecule has 2 heterocycles. The number of tetrazole rings is 1. The summed E-state index contributed by atoms with van der Waals surface area (Å²) in [5, 5.41) is 13.6. The number of ether oxygens (including phenoxy) is 2. The minimum atomic E-state index is -0.234. The predicted molar refractivity (Wildman–Crippen MR) is 54.3 cm³/mol. The van der Waals surface area contributed by atoms with Gasteiger partial charge in [0, 0.05) is 11.1 Å². The monoisotopic (exact) mass is 218 g/mol. The van der Waals surface area contributed by atoms with E-state index in [2.05, 4.69) is 20.6 Å². The standard InChI is InChI=1S/C10H10N4O2/c1-3-8(10-15-5-6-16-10)4-2-7(1)9-11-13-14-12-9/h1-4,10H,5-6H2,(H,11,12,13,14). The lowest BCUT2D eigenvalue weighted by molar-refractivity contribution is -0.0441. The Labute approximate surface area is 91.6 Å². The molecule has 1 fully saturated rings. The van der Waals surface area contributed by atoms with Crippen molar-refractivity contribution in [2.45, 2.75) is 6.29 Å². The quantitative estimate of drug-likeness (QED) is 0.811. The average molecular weight is 218 g/mol. The van der Waals surface area contributed by atoms with Crippen LogP contribution in [-0.4, -0.2) is 33.8 Å². The second kappa shape index (κ2) is 3.99. The molecule has 0 radical (unpaired) electrons. The van der Waals surface area contributed by atoms with E-state index in [1.165, 1.54) is 0 Å². The molecular formula is C10H10N4O2. The van der Waals surface area contributed by atoms with Crippen molar-refractivity contribution in [2.24, 2.45) is 0 Å². The van der Waals surface area contributed by atoms with E-state index >= 15 is 0 Å². The number of aromatic amines is 1. The van der Waals surface area contributed by atoms with Gasteiger partial charge in [-0.15, -0.1) is 5.10 Å². The second-order valence-electron chi connectivity index (χ2n) is 3.45. The highest BCUT2D eigenvalue weighted by Crippen LogP contribution is 2.24. The molecule has 6 heteroatoms. The highest BCUT2D eigenvalue weighted by Gasteiger charge is 2.17. The Morgan fingerprint density at radius 3 is 2.50 bits per heavy atom. The Bertz CT molecular complexity index is 448. The molecule has 16 heavy (non-hydrogen) atoms. The Kier molecular flexibility index (Phi) is 2.35. The van der Waals surface area contributed by atoms with Crippen molar-refractivity contribution in [1.29, 1.82) is 0 Å². The molecule has 0 amide bonds. The Morgan fingerprint density at radius 1 is 1.12 bits per heavy atom. The predicted octanol–water partition coefficient (Wildman–Crippen LogP) is 0.912. The van der Waals surface area contributed by atoms with Crippen LogP contribution in [-0.2, 0) is 9.47 Å². The van der Waals surface area contributed by atoms with Gasteiger partial charge in [-0.1, -0.05) is 24.3 Å². The van der Waals surface area contributed by atoms with Crippen LogP contribution in [0.3, 0.4) is 0 Å². The van der Waals surface area contributed by atoms with Gasteiger partial charge in [0.2, 0.25) is 0 Å². The van der Waals surface area contributed by atoms with Gasteiger partial charge in [0.25, 0.3) is 0 Å². The summed E-state index contributed by atoms with van der Waals surface area (Å²) in [7, 11) is 0. The molecule has 3 rings (SSSR count). The van der Waals surface area contributed by atoms with Crippen LogP contribution < -0.4 is 0 Å². The third-order valence-corrected chi connectivity index (χ3v) is 2.42. The van der Waals surface area contributed by atoms with Gasteiger partial charge in [-0.25, -0.2) is 5.10 Å². The maximum absolute atomic E-state index is 5.40. The van der Waals surface area contributed by atoms with Crippen molar-refractivity contribution in [2.75, 3.05) is 13.2 Å². The maximum Gasteiger partial charge on any atom is 0.184 e. The highest BCUT2D eigenvalue weighted by molar-refractivity contribution is 5.54. The number of benzene rings is 1. The minimum Gasteiger partial charge on any atom is -0.346 e. The summed E-state index contributed by atoms with van der Waals surface area (Å²) in [6.07, 6.45) is -0.234. The van der Waals surface area contributed by atoms with E-state index in [1.54, 1.807) is 0 Å². The summed E-state index contributed by atoms with van der Waals surface area (Å²) in [6, 6.07) is 7.77. The van der Waals surface area contributed by atoms with E-state index in [1.807, 2.05) is 24.3 Å². The molecule has 82 valence electrons. The normalized spacial score (nSPS) is 16.8. The summed E-state index contributed by atoms with van der Waals surface area (Å²) in [6.45, 7) is 1.30. The number of hydrogen-bond acceptors (Lipinski definition) is 5. The molecule has 0 spiro atoms. The third kappa shape index (κ3) is 1.68. The molecule has 2 aromatic rings. The first kappa shape index (κ1) is 9.44. The summed E-state index contributed by atoms with van der Waals surface area (Å²) in [5.41, 5.74) is 1.94. The fourth-order valence-corrected chi connectivity index (χ4v) is 1.63. The summed E-state index contributed by atoms with van der Waals surface area (Å²) in [4.78, 5) is 0. The second-order valence-corrected chi connectivity index (χ2v) is 3.45. The van der Waals surface area contributed by atoms with Gasteiger partial charge in [0.1, 0.15) is 0 Å². The molecule has 1 aromatic carbocycles. The SMILES string of the molecule is c1cc(C2OCCO2)ccc1-c1nnn[nH]1. The van der Waals surface area contributed by atoms with Gasteiger partial charge in [-0.3, -0.25) is 0 Å². The zero-order valence-electron chi connectivity index (χ0n) is 8.46. The van der Waals surface area contributed by atoms with Gasteiger partial charge < -0.3 is 9.47 Å². The molecule has 1 N–H and O–H groups in total. The molecule has 1 aromatic heterocycles. The first-order valence-electron chi connectivity index (χ1n) is 5.01. The van der Waals surface area contributed by atoms with Crippen LogP contribution in [0.25, 0.3) is 11.4 Å². The zero-order valence-corrected chi connectivity index (χ0v) is 8.46. The number of H-pyrrole nitrogens is 1. The topological polar surface area (TPSA) is 72.9 Å². The molecule has 0 saturated carbocycles. The van der Waals surface area contributed by atoms with E-state index in [9.17, 15) is 0 Å². The first-order valence-corrected chi connectivity index (χ1v) is 5.01. The first-order chi connectivity index (χ1) is 7.93. The lowest BCUT2D eigenvalue weighted by Crippen LogP contribution is -1.97. The van der Waals surface area contributed by atoms with Crippen molar-refractivity contribution in [1.82, 2.24) is 20.6 Å². The van der Waals surface area contributed by atoms with E-state index in [-0.39, 0.29) is 6.29 Å². The van der Waals surface area contributed by atoms with Gasteiger partial charge in [-0.2, -0.15) is 0 Å². The maximum atomic E-state index is 5.40. The smallest absolute Gasteiger partial charge is 0.184 e. The lowest BCUT2D eigenvalue weighted by Gasteiger charge is -2.08. The number of aromatic nitrogens is 4. The van der Waals surface area contributed by atoms with Crippen LogP contribution in [0, 0.1) is 0 Å². The van der Waals surface area contributed by atoms with Crippen LogP contribution in [0.15, 0.2) is 24.3 Å². The van der Waals surface area contributed by atoms with Crippen LogP contribution in [0.5, 0.6) is 0 Å². The van der Waals surface area contributed by atoms with Gasteiger partial charge in [0.15, 0.2) is 12.1 Å². The van der Waals surface area contributed by atoms with Gasteiger partial charge >= 0.3 is 0 Å². The molecule has 1 saturated heterocycles. The zero-order chi connectivity index (χ0) is 10.8. The largest absolute Gasteiger partial charge is 0.346 e. The molecule has 6 nitrogen and oxygen atoms in total. The fourth-order valence-electron chi connectivity index (χ4n) is 1.63.